The second-order valence-corrected chi connectivity index (χ2v) is 7.22. The summed E-state index contributed by atoms with van der Waals surface area (Å²) in [5.74, 6) is 1.70. The molecule has 3 rings (SSSR count). The van der Waals surface area contributed by atoms with Crippen molar-refractivity contribution in [3.63, 3.8) is 0 Å². The van der Waals surface area contributed by atoms with E-state index >= 15 is 0 Å². The second kappa shape index (κ2) is 7.34. The van der Waals surface area contributed by atoms with Crippen LogP contribution in [0.4, 0.5) is 0 Å². The van der Waals surface area contributed by atoms with Gasteiger partial charge in [-0.15, -0.1) is 11.3 Å². The van der Waals surface area contributed by atoms with E-state index in [4.69, 9.17) is 4.74 Å². The number of ether oxygens (including phenoxy) is 1. The lowest BCUT2D eigenvalue weighted by molar-refractivity contribution is -0.131. The maximum absolute atomic E-state index is 12.4. The summed E-state index contributed by atoms with van der Waals surface area (Å²) >= 11 is 1.58. The van der Waals surface area contributed by atoms with Crippen LogP contribution in [0.3, 0.4) is 0 Å². The van der Waals surface area contributed by atoms with Crippen molar-refractivity contribution < 1.29 is 9.53 Å². The van der Waals surface area contributed by atoms with Gasteiger partial charge < -0.3 is 9.64 Å². The fourth-order valence-electron chi connectivity index (χ4n) is 2.78. The summed E-state index contributed by atoms with van der Waals surface area (Å²) in [4.78, 5) is 18.9. The molecule has 0 bridgehead atoms. The highest BCUT2D eigenvalue weighted by atomic mass is 32.1. The fourth-order valence-corrected chi connectivity index (χ4v) is 3.61. The molecule has 5 heteroatoms. The van der Waals surface area contributed by atoms with Gasteiger partial charge in [0.25, 0.3) is 0 Å². The fraction of sp³-hybridized carbons (Fsp3) is 0.474. The van der Waals surface area contributed by atoms with Crippen LogP contribution < -0.4 is 4.74 Å². The normalized spacial score (nSPS) is 15.1. The molecule has 1 amide bonds. The molecule has 1 fully saturated rings. The van der Waals surface area contributed by atoms with Gasteiger partial charge in [-0.1, -0.05) is 0 Å². The maximum Gasteiger partial charge on any atom is 0.228 e. The van der Waals surface area contributed by atoms with Gasteiger partial charge >= 0.3 is 0 Å². The summed E-state index contributed by atoms with van der Waals surface area (Å²) in [6.07, 6.45) is 2.87. The highest BCUT2D eigenvalue weighted by Gasteiger charge is 2.32. The Balaban J connectivity index is 1.63. The second-order valence-electron chi connectivity index (χ2n) is 6.36. The number of likely N-dealkylation sites (N-methyl/N-ethyl adjacent to an activating group) is 1. The Morgan fingerprint density at radius 1 is 1.38 bits per heavy atom. The molecular formula is C19H24N2O2S. The van der Waals surface area contributed by atoms with Crippen LogP contribution in [0.2, 0.25) is 0 Å². The summed E-state index contributed by atoms with van der Waals surface area (Å²) in [5, 5.41) is 2.93. The Morgan fingerprint density at radius 3 is 2.71 bits per heavy atom. The smallest absolute Gasteiger partial charge is 0.228 e. The zero-order valence-electron chi connectivity index (χ0n) is 14.5. The van der Waals surface area contributed by atoms with E-state index in [0.717, 1.165) is 22.0 Å². The predicted octanol–water partition coefficient (Wildman–Crippen LogP) is 4.01. The third-order valence-corrected chi connectivity index (χ3v) is 5.55. The lowest BCUT2D eigenvalue weighted by Gasteiger charge is -2.24. The number of amides is 1. The van der Waals surface area contributed by atoms with Gasteiger partial charge in [-0.05, 0) is 56.9 Å². The Morgan fingerprint density at radius 2 is 2.08 bits per heavy atom. The van der Waals surface area contributed by atoms with Crippen LogP contribution >= 0.6 is 11.3 Å². The summed E-state index contributed by atoms with van der Waals surface area (Å²) in [6.45, 7) is 4.77. The standard InChI is InChI=1S/C19H24N2O2S/c1-4-23-17-9-7-15(8-10-17)19-20-16(12-24-19)11-18(22)21(3)13(2)14-5-6-14/h7-10,12-14H,4-6,11H2,1-3H3. The van der Waals surface area contributed by atoms with Crippen LogP contribution in [0.1, 0.15) is 32.4 Å². The zero-order chi connectivity index (χ0) is 17.1. The highest BCUT2D eigenvalue weighted by Crippen LogP contribution is 2.35. The molecule has 2 aromatic rings. The molecule has 1 heterocycles. The van der Waals surface area contributed by atoms with Crippen LogP contribution in [0.25, 0.3) is 10.6 Å². The molecule has 1 aromatic heterocycles. The number of hydrogen-bond acceptors (Lipinski definition) is 4. The molecule has 0 aliphatic heterocycles. The van der Waals surface area contributed by atoms with Crippen LogP contribution in [0.5, 0.6) is 5.75 Å². The van der Waals surface area contributed by atoms with E-state index in [-0.39, 0.29) is 5.91 Å². The molecule has 24 heavy (non-hydrogen) atoms. The van der Waals surface area contributed by atoms with Crippen LogP contribution in [0, 0.1) is 5.92 Å². The van der Waals surface area contributed by atoms with E-state index in [1.165, 1.54) is 12.8 Å². The van der Waals surface area contributed by atoms with Crippen molar-refractivity contribution >= 4 is 17.2 Å². The minimum absolute atomic E-state index is 0.151. The van der Waals surface area contributed by atoms with Gasteiger partial charge in [0.1, 0.15) is 10.8 Å². The van der Waals surface area contributed by atoms with Gasteiger partial charge in [-0.3, -0.25) is 4.79 Å². The Hall–Kier alpha value is -1.88. The van der Waals surface area contributed by atoms with Gasteiger partial charge in [0.2, 0.25) is 5.91 Å². The van der Waals surface area contributed by atoms with Crippen molar-refractivity contribution in [2.24, 2.45) is 5.92 Å². The molecular weight excluding hydrogens is 320 g/mol. The van der Waals surface area contributed by atoms with E-state index in [2.05, 4.69) is 11.9 Å². The van der Waals surface area contributed by atoms with Crippen LogP contribution in [-0.2, 0) is 11.2 Å². The highest BCUT2D eigenvalue weighted by molar-refractivity contribution is 7.13. The third kappa shape index (κ3) is 3.96. The first-order chi connectivity index (χ1) is 11.6. The largest absolute Gasteiger partial charge is 0.494 e. The van der Waals surface area contributed by atoms with E-state index in [1.807, 2.05) is 48.5 Å². The predicted molar refractivity (Wildman–Crippen MR) is 97.4 cm³/mol. The summed E-state index contributed by atoms with van der Waals surface area (Å²) in [6, 6.07) is 8.27. The summed E-state index contributed by atoms with van der Waals surface area (Å²) < 4.78 is 5.46. The Labute approximate surface area is 147 Å². The van der Waals surface area contributed by atoms with E-state index < -0.39 is 0 Å². The lowest BCUT2D eigenvalue weighted by Crippen LogP contribution is -2.37. The monoisotopic (exact) mass is 344 g/mol. The minimum Gasteiger partial charge on any atom is -0.494 e. The number of benzene rings is 1. The Kier molecular flexibility index (Phi) is 5.19. The quantitative estimate of drug-likeness (QED) is 0.762. The SMILES string of the molecule is CCOc1ccc(-c2nc(CC(=O)N(C)C(C)C3CC3)cs2)cc1. The molecule has 1 atom stereocenters. The van der Waals surface area contributed by atoms with E-state index in [9.17, 15) is 4.79 Å². The number of carbonyl (C=O) groups is 1. The molecule has 1 aliphatic carbocycles. The van der Waals surface area contributed by atoms with Crippen molar-refractivity contribution in [1.82, 2.24) is 9.88 Å². The number of thiazole rings is 1. The molecule has 0 spiro atoms. The first-order valence-electron chi connectivity index (χ1n) is 8.51. The first-order valence-corrected chi connectivity index (χ1v) is 9.39. The average Bonchev–Trinajstić information content (AvgIpc) is 3.34. The van der Waals surface area contributed by atoms with Crippen molar-refractivity contribution in [3.8, 4) is 16.3 Å². The van der Waals surface area contributed by atoms with E-state index in [1.54, 1.807) is 11.3 Å². The maximum atomic E-state index is 12.4. The van der Waals surface area contributed by atoms with Crippen LogP contribution in [-0.4, -0.2) is 35.5 Å². The van der Waals surface area contributed by atoms with Crippen molar-refractivity contribution in [3.05, 3.63) is 35.3 Å². The van der Waals surface area contributed by atoms with Crippen LogP contribution in [0.15, 0.2) is 29.6 Å². The van der Waals surface area contributed by atoms with Crippen molar-refractivity contribution in [2.45, 2.75) is 39.2 Å². The molecule has 128 valence electrons. The molecule has 1 unspecified atom stereocenters. The molecule has 4 nitrogen and oxygen atoms in total. The van der Waals surface area contributed by atoms with Crippen molar-refractivity contribution in [2.75, 3.05) is 13.7 Å². The number of carbonyl (C=O) groups excluding carboxylic acids is 1. The first kappa shape index (κ1) is 17.0. The lowest BCUT2D eigenvalue weighted by atomic mass is 10.1. The van der Waals surface area contributed by atoms with Gasteiger partial charge in [0.05, 0.1) is 18.7 Å². The van der Waals surface area contributed by atoms with Crippen molar-refractivity contribution in [1.29, 1.82) is 0 Å². The number of nitrogens with zero attached hydrogens (tertiary/aromatic N) is 2. The molecule has 0 N–H and O–H groups in total. The molecule has 1 aliphatic rings. The molecule has 1 aromatic carbocycles. The molecule has 0 radical (unpaired) electrons. The molecule has 1 saturated carbocycles. The topological polar surface area (TPSA) is 42.4 Å². The van der Waals surface area contributed by atoms with Gasteiger partial charge in [-0.2, -0.15) is 0 Å². The molecule has 0 saturated heterocycles. The summed E-state index contributed by atoms with van der Waals surface area (Å²) in [7, 11) is 1.91. The third-order valence-electron chi connectivity index (χ3n) is 4.60. The summed E-state index contributed by atoms with van der Waals surface area (Å²) in [5.41, 5.74) is 1.91. The number of rotatable bonds is 7. The minimum atomic E-state index is 0.151. The van der Waals surface area contributed by atoms with Gasteiger partial charge in [0.15, 0.2) is 0 Å². The number of aromatic nitrogens is 1. The van der Waals surface area contributed by atoms with E-state index in [0.29, 0.717) is 25.0 Å². The Bertz CT molecular complexity index is 692. The zero-order valence-corrected chi connectivity index (χ0v) is 15.3. The van der Waals surface area contributed by atoms with Gasteiger partial charge in [0, 0.05) is 24.0 Å². The average molecular weight is 344 g/mol. The van der Waals surface area contributed by atoms with Gasteiger partial charge in [-0.25, -0.2) is 4.98 Å². The number of hydrogen-bond donors (Lipinski definition) is 0.